The van der Waals surface area contributed by atoms with Gasteiger partial charge in [0.25, 0.3) is 5.91 Å². The molecular formula is C10H7N3O2S. The molecule has 2 aromatic rings. The number of nitriles is 1. The Labute approximate surface area is 95.2 Å². The van der Waals surface area contributed by atoms with Crippen LogP contribution in [0.25, 0.3) is 0 Å². The Balaban J connectivity index is 2.23. The van der Waals surface area contributed by atoms with Crippen molar-refractivity contribution in [1.82, 2.24) is 9.55 Å². The average molecular weight is 233 g/mol. The molecule has 0 bridgehead atoms. The summed E-state index contributed by atoms with van der Waals surface area (Å²) in [5, 5.41) is 18.4. The largest absolute Gasteiger partial charge is 0.378 e. The quantitative estimate of drug-likeness (QED) is 0.845. The summed E-state index contributed by atoms with van der Waals surface area (Å²) < 4.78 is 1.20. The molecule has 0 fully saturated rings. The van der Waals surface area contributed by atoms with Gasteiger partial charge < -0.3 is 5.11 Å². The summed E-state index contributed by atoms with van der Waals surface area (Å²) in [6, 6.07) is 5.10. The van der Waals surface area contributed by atoms with Crippen molar-refractivity contribution in [2.24, 2.45) is 0 Å². The predicted octanol–water partition coefficient (Wildman–Crippen LogP) is 1.19. The number of thiophene rings is 1. The Morgan fingerprint density at radius 3 is 3.00 bits per heavy atom. The third-order valence-electron chi connectivity index (χ3n) is 2.00. The number of aliphatic hydroxyl groups is 1. The monoisotopic (exact) mass is 233 g/mol. The first kappa shape index (κ1) is 10.5. The van der Waals surface area contributed by atoms with Crippen molar-refractivity contribution >= 4 is 17.2 Å². The first-order chi connectivity index (χ1) is 7.72. The fourth-order valence-electron chi connectivity index (χ4n) is 1.21. The maximum absolute atomic E-state index is 11.7. The van der Waals surface area contributed by atoms with Crippen LogP contribution in [-0.4, -0.2) is 20.6 Å². The molecule has 0 aliphatic heterocycles. The lowest BCUT2D eigenvalue weighted by Crippen LogP contribution is -2.17. The van der Waals surface area contributed by atoms with Gasteiger partial charge in [0.15, 0.2) is 6.10 Å². The van der Waals surface area contributed by atoms with Crippen molar-refractivity contribution in [3.63, 3.8) is 0 Å². The summed E-state index contributed by atoms with van der Waals surface area (Å²) in [4.78, 5) is 16.3. The maximum Gasteiger partial charge on any atom is 0.266 e. The van der Waals surface area contributed by atoms with E-state index in [0.717, 1.165) is 11.3 Å². The van der Waals surface area contributed by atoms with Gasteiger partial charge in [-0.25, -0.2) is 4.98 Å². The lowest BCUT2D eigenvalue weighted by atomic mass is 10.2. The van der Waals surface area contributed by atoms with Crippen LogP contribution in [-0.2, 0) is 0 Å². The molecule has 0 spiro atoms. The Kier molecular flexibility index (Phi) is 2.81. The second-order valence-corrected chi connectivity index (χ2v) is 4.14. The van der Waals surface area contributed by atoms with E-state index < -0.39 is 12.0 Å². The molecule has 16 heavy (non-hydrogen) atoms. The lowest BCUT2D eigenvalue weighted by Gasteiger charge is -2.06. The highest BCUT2D eigenvalue weighted by atomic mass is 32.1. The number of hydrogen-bond acceptors (Lipinski definition) is 5. The smallest absolute Gasteiger partial charge is 0.266 e. The van der Waals surface area contributed by atoms with Crippen LogP contribution >= 0.6 is 11.3 Å². The highest BCUT2D eigenvalue weighted by molar-refractivity contribution is 7.12. The van der Waals surface area contributed by atoms with Crippen LogP contribution in [0.15, 0.2) is 30.9 Å². The second-order valence-electron chi connectivity index (χ2n) is 3.02. The predicted molar refractivity (Wildman–Crippen MR) is 56.8 cm³/mol. The molecule has 2 aromatic heterocycles. The van der Waals surface area contributed by atoms with Gasteiger partial charge in [0.1, 0.15) is 17.3 Å². The van der Waals surface area contributed by atoms with E-state index in [1.54, 1.807) is 12.1 Å². The number of hydrogen-bond donors (Lipinski definition) is 1. The van der Waals surface area contributed by atoms with Crippen molar-refractivity contribution in [2.75, 3.05) is 0 Å². The van der Waals surface area contributed by atoms with Crippen LogP contribution < -0.4 is 0 Å². The summed E-state index contributed by atoms with van der Waals surface area (Å²) in [6.45, 7) is 0. The minimum Gasteiger partial charge on any atom is -0.378 e. The third kappa shape index (κ3) is 1.86. The van der Waals surface area contributed by atoms with Crippen molar-refractivity contribution < 1.29 is 9.90 Å². The Morgan fingerprint density at radius 2 is 2.44 bits per heavy atom. The number of carbonyl (C=O) groups is 1. The van der Waals surface area contributed by atoms with Crippen LogP contribution in [0.2, 0.25) is 0 Å². The van der Waals surface area contributed by atoms with E-state index in [4.69, 9.17) is 5.26 Å². The summed E-state index contributed by atoms with van der Waals surface area (Å²) in [7, 11) is 0. The van der Waals surface area contributed by atoms with Crippen molar-refractivity contribution in [3.05, 3.63) is 40.6 Å². The maximum atomic E-state index is 11.7. The third-order valence-corrected chi connectivity index (χ3v) is 3.04. The summed E-state index contributed by atoms with van der Waals surface area (Å²) in [5.41, 5.74) is 0. The molecule has 6 heteroatoms. The van der Waals surface area contributed by atoms with Gasteiger partial charge in [0.2, 0.25) is 0 Å². The molecule has 2 rings (SSSR count). The first-order valence-electron chi connectivity index (χ1n) is 4.42. The normalized spacial score (nSPS) is 12.0. The molecule has 0 saturated heterocycles. The van der Waals surface area contributed by atoms with E-state index >= 15 is 0 Å². The molecule has 1 unspecified atom stereocenters. The minimum atomic E-state index is -1.25. The van der Waals surface area contributed by atoms with Crippen molar-refractivity contribution in [1.29, 1.82) is 5.26 Å². The molecule has 0 amide bonds. The molecular weight excluding hydrogens is 226 g/mol. The molecule has 0 saturated carbocycles. The number of aliphatic hydroxyl groups excluding tert-OH is 1. The van der Waals surface area contributed by atoms with Gasteiger partial charge >= 0.3 is 0 Å². The van der Waals surface area contributed by atoms with Gasteiger partial charge in [-0.15, -0.1) is 11.3 Å². The molecule has 0 aromatic carbocycles. The highest BCUT2D eigenvalue weighted by Gasteiger charge is 2.20. The molecule has 1 atom stereocenters. The van der Waals surface area contributed by atoms with Crippen molar-refractivity contribution in [2.45, 2.75) is 6.10 Å². The minimum absolute atomic E-state index is 0.454. The lowest BCUT2D eigenvalue weighted by molar-refractivity contribution is 0.0660. The summed E-state index contributed by atoms with van der Waals surface area (Å²) in [6.07, 6.45) is 3.00. The van der Waals surface area contributed by atoms with Crippen molar-refractivity contribution in [3.8, 4) is 6.07 Å². The van der Waals surface area contributed by atoms with Gasteiger partial charge in [-0.2, -0.15) is 5.26 Å². The van der Waals surface area contributed by atoms with E-state index in [2.05, 4.69) is 4.98 Å². The topological polar surface area (TPSA) is 78.9 Å². The Bertz CT molecular complexity index is 539. The number of imidazole rings is 1. The zero-order valence-corrected chi connectivity index (χ0v) is 8.89. The zero-order valence-electron chi connectivity index (χ0n) is 8.07. The molecule has 2 heterocycles. The Hall–Kier alpha value is -1.97. The van der Waals surface area contributed by atoms with Gasteiger partial charge in [0, 0.05) is 17.3 Å². The summed E-state index contributed by atoms with van der Waals surface area (Å²) in [5.74, 6) is -0.483. The fraction of sp³-hybridized carbons (Fsp3) is 0.100. The van der Waals surface area contributed by atoms with Crippen LogP contribution in [0.5, 0.6) is 0 Å². The van der Waals surface area contributed by atoms with E-state index in [1.807, 2.05) is 6.07 Å². The van der Waals surface area contributed by atoms with Gasteiger partial charge in [0.05, 0.1) is 0 Å². The number of aromatic nitrogens is 2. The molecule has 1 N–H and O–H groups in total. The van der Waals surface area contributed by atoms with E-state index in [1.165, 1.54) is 23.3 Å². The zero-order chi connectivity index (χ0) is 11.5. The Morgan fingerprint density at radius 1 is 1.62 bits per heavy atom. The first-order valence-corrected chi connectivity index (χ1v) is 5.24. The molecule has 5 nitrogen and oxygen atoms in total. The van der Waals surface area contributed by atoms with Crippen LogP contribution in [0, 0.1) is 11.3 Å². The van der Waals surface area contributed by atoms with Gasteiger partial charge in [-0.3, -0.25) is 9.36 Å². The fourth-order valence-corrected chi connectivity index (χ4v) is 2.00. The molecule has 0 radical (unpaired) electrons. The van der Waals surface area contributed by atoms with E-state index in [9.17, 15) is 9.90 Å². The average Bonchev–Trinajstić information content (AvgIpc) is 2.97. The highest BCUT2D eigenvalue weighted by Crippen LogP contribution is 2.23. The summed E-state index contributed by atoms with van der Waals surface area (Å²) >= 11 is 1.10. The van der Waals surface area contributed by atoms with E-state index in [0.29, 0.717) is 9.75 Å². The molecule has 0 aliphatic carbocycles. The number of rotatable bonds is 2. The number of carbonyl (C=O) groups excluding carboxylic acids is 1. The molecule has 0 aliphatic rings. The standard InChI is InChI=1S/C10H7N3O2S/c11-5-7-1-2-8(16-7)9(14)10(15)13-4-3-12-6-13/h1-4,6,9,14H. The van der Waals surface area contributed by atoms with Gasteiger partial charge in [-0.1, -0.05) is 0 Å². The van der Waals surface area contributed by atoms with Crippen LogP contribution in [0.4, 0.5) is 0 Å². The van der Waals surface area contributed by atoms with Gasteiger partial charge in [-0.05, 0) is 12.1 Å². The van der Waals surface area contributed by atoms with E-state index in [-0.39, 0.29) is 0 Å². The molecule has 80 valence electrons. The van der Waals surface area contributed by atoms with Crippen LogP contribution in [0.3, 0.4) is 0 Å². The SMILES string of the molecule is N#Cc1ccc(C(O)C(=O)n2ccnc2)s1. The second kappa shape index (κ2) is 4.26. The van der Waals surface area contributed by atoms with Crippen LogP contribution in [0.1, 0.15) is 20.7 Å². The number of nitrogens with zero attached hydrogens (tertiary/aromatic N) is 3.